The Morgan fingerprint density at radius 2 is 2.20 bits per heavy atom. The molecule has 0 radical (unpaired) electrons. The van der Waals surface area contributed by atoms with E-state index in [0.717, 1.165) is 0 Å². The number of hydrogen-bond donors (Lipinski definition) is 1. The maximum atomic E-state index is 13.5. The van der Waals surface area contributed by atoms with Crippen molar-refractivity contribution in [1.82, 2.24) is 0 Å². The molecule has 0 heterocycles. The number of azide groups is 1. The van der Waals surface area contributed by atoms with Crippen molar-refractivity contribution >= 4 is 11.8 Å². The maximum absolute atomic E-state index is 13.5. The number of amides is 1. The summed E-state index contributed by atoms with van der Waals surface area (Å²) >= 11 is 0. The minimum absolute atomic E-state index is 0.156. The molecule has 0 unspecified atom stereocenters. The lowest BCUT2D eigenvalue weighted by Crippen LogP contribution is -2.27. The zero-order chi connectivity index (χ0) is 15.2. The van der Waals surface area contributed by atoms with Crippen molar-refractivity contribution in [2.24, 2.45) is 5.11 Å². The fraction of sp³-hybridized carbons (Fsp3) is 0.462. The van der Waals surface area contributed by atoms with Crippen molar-refractivity contribution in [3.63, 3.8) is 0 Å². The standard InChI is InChI=1S/C13H17FN4O2/c1-13(2,3)20-12(19)17-10-4-5-11(14)9(8-10)6-7-16-18-15/h4-5,8H,6-7H2,1-3H3,(H,17,19). The van der Waals surface area contributed by atoms with Crippen LogP contribution in [0.15, 0.2) is 23.3 Å². The normalized spacial score (nSPS) is 10.6. The number of anilines is 1. The van der Waals surface area contributed by atoms with Crippen molar-refractivity contribution in [3.8, 4) is 0 Å². The molecule has 0 atom stereocenters. The van der Waals surface area contributed by atoms with Gasteiger partial charge in [-0.3, -0.25) is 5.32 Å². The largest absolute Gasteiger partial charge is 0.444 e. The van der Waals surface area contributed by atoms with E-state index in [2.05, 4.69) is 15.3 Å². The Morgan fingerprint density at radius 1 is 1.50 bits per heavy atom. The lowest BCUT2D eigenvalue weighted by Gasteiger charge is -2.19. The van der Waals surface area contributed by atoms with Crippen LogP contribution < -0.4 is 5.32 Å². The number of nitrogens with zero attached hydrogens (tertiary/aromatic N) is 3. The van der Waals surface area contributed by atoms with E-state index in [1.165, 1.54) is 18.2 Å². The second-order valence-electron chi connectivity index (χ2n) is 5.14. The summed E-state index contributed by atoms with van der Waals surface area (Å²) in [7, 11) is 0. The van der Waals surface area contributed by atoms with Gasteiger partial charge in [0.15, 0.2) is 0 Å². The number of ether oxygens (including phenoxy) is 1. The molecule has 0 aliphatic rings. The summed E-state index contributed by atoms with van der Waals surface area (Å²) in [5, 5.41) is 5.87. The van der Waals surface area contributed by atoms with Crippen molar-refractivity contribution < 1.29 is 13.9 Å². The fourth-order valence-electron chi connectivity index (χ4n) is 1.48. The first-order valence-corrected chi connectivity index (χ1v) is 6.11. The van der Waals surface area contributed by atoms with Gasteiger partial charge in [0.1, 0.15) is 11.4 Å². The van der Waals surface area contributed by atoms with E-state index in [0.29, 0.717) is 11.3 Å². The van der Waals surface area contributed by atoms with Gasteiger partial charge in [0.2, 0.25) is 0 Å². The van der Waals surface area contributed by atoms with Crippen LogP contribution in [0.1, 0.15) is 26.3 Å². The first-order chi connectivity index (χ1) is 9.31. The van der Waals surface area contributed by atoms with Gasteiger partial charge in [0.25, 0.3) is 0 Å². The van der Waals surface area contributed by atoms with E-state index >= 15 is 0 Å². The summed E-state index contributed by atoms with van der Waals surface area (Å²) in [5.41, 5.74) is 8.38. The highest BCUT2D eigenvalue weighted by molar-refractivity contribution is 5.84. The van der Waals surface area contributed by atoms with Crippen LogP contribution in [0.3, 0.4) is 0 Å². The van der Waals surface area contributed by atoms with E-state index in [4.69, 9.17) is 10.3 Å². The van der Waals surface area contributed by atoms with E-state index in [1.807, 2.05) is 0 Å². The number of rotatable bonds is 4. The summed E-state index contributed by atoms with van der Waals surface area (Å²) in [5.74, 6) is -0.409. The van der Waals surface area contributed by atoms with Gasteiger partial charge >= 0.3 is 6.09 Å². The molecule has 1 amide bonds. The molecule has 0 saturated heterocycles. The molecule has 0 aliphatic heterocycles. The van der Waals surface area contributed by atoms with Crippen LogP contribution >= 0.6 is 0 Å². The molecule has 20 heavy (non-hydrogen) atoms. The highest BCUT2D eigenvalue weighted by atomic mass is 19.1. The molecule has 0 bridgehead atoms. The lowest BCUT2D eigenvalue weighted by molar-refractivity contribution is 0.0636. The van der Waals surface area contributed by atoms with Crippen LogP contribution in [0.4, 0.5) is 14.9 Å². The molecule has 0 aromatic heterocycles. The van der Waals surface area contributed by atoms with Gasteiger partial charge in [-0.05, 0) is 56.5 Å². The van der Waals surface area contributed by atoms with Gasteiger partial charge in [-0.2, -0.15) is 0 Å². The molecule has 108 valence electrons. The number of hydrogen-bond acceptors (Lipinski definition) is 3. The molecule has 0 fully saturated rings. The minimum atomic E-state index is -0.606. The van der Waals surface area contributed by atoms with Gasteiger partial charge in [0.05, 0.1) is 0 Å². The Morgan fingerprint density at radius 3 is 2.80 bits per heavy atom. The lowest BCUT2D eigenvalue weighted by atomic mass is 10.1. The molecule has 0 saturated carbocycles. The van der Waals surface area contributed by atoms with Gasteiger partial charge < -0.3 is 4.74 Å². The average Bonchev–Trinajstić information content (AvgIpc) is 2.31. The molecular formula is C13H17FN4O2. The molecule has 7 heteroatoms. The first-order valence-electron chi connectivity index (χ1n) is 6.11. The Bertz CT molecular complexity index is 534. The molecular weight excluding hydrogens is 263 g/mol. The van der Waals surface area contributed by atoms with E-state index in [1.54, 1.807) is 20.8 Å². The van der Waals surface area contributed by atoms with Crippen LogP contribution in [0, 0.1) is 5.82 Å². The van der Waals surface area contributed by atoms with Crippen LogP contribution in [0.5, 0.6) is 0 Å². The number of carbonyl (C=O) groups excluding carboxylic acids is 1. The summed E-state index contributed by atoms with van der Waals surface area (Å²) in [6, 6.07) is 4.18. The third kappa shape index (κ3) is 5.58. The van der Waals surface area contributed by atoms with Crippen molar-refractivity contribution in [3.05, 3.63) is 40.0 Å². The van der Waals surface area contributed by atoms with Gasteiger partial charge in [0, 0.05) is 17.1 Å². The Kier molecular flexibility index (Phi) is 5.34. The molecule has 1 aromatic rings. The zero-order valence-electron chi connectivity index (χ0n) is 11.7. The first kappa shape index (κ1) is 15.8. The highest BCUT2D eigenvalue weighted by Crippen LogP contribution is 2.17. The molecule has 1 rings (SSSR count). The fourth-order valence-corrected chi connectivity index (χ4v) is 1.48. The predicted molar refractivity (Wildman–Crippen MR) is 74.0 cm³/mol. The third-order valence-corrected chi connectivity index (χ3v) is 2.24. The minimum Gasteiger partial charge on any atom is -0.444 e. The summed E-state index contributed by atoms with van der Waals surface area (Å²) in [4.78, 5) is 14.2. The smallest absolute Gasteiger partial charge is 0.412 e. The molecule has 1 N–H and O–H groups in total. The summed E-state index contributed by atoms with van der Waals surface area (Å²) in [6.45, 7) is 5.41. The van der Waals surface area contributed by atoms with Crippen LogP contribution in [0.25, 0.3) is 10.4 Å². The second kappa shape index (κ2) is 6.77. The SMILES string of the molecule is CC(C)(C)OC(=O)Nc1ccc(F)c(CCN=[N+]=[N-])c1. The third-order valence-electron chi connectivity index (χ3n) is 2.24. The van der Waals surface area contributed by atoms with Crippen LogP contribution in [-0.4, -0.2) is 18.2 Å². The average molecular weight is 280 g/mol. The summed E-state index contributed by atoms with van der Waals surface area (Å²) in [6.07, 6.45) is -0.343. The Labute approximate surface area is 116 Å². The maximum Gasteiger partial charge on any atom is 0.412 e. The highest BCUT2D eigenvalue weighted by Gasteiger charge is 2.16. The van der Waals surface area contributed by atoms with E-state index in [9.17, 15) is 9.18 Å². The Hall–Kier alpha value is -2.27. The monoisotopic (exact) mass is 280 g/mol. The Balaban J connectivity index is 2.74. The molecule has 0 aliphatic carbocycles. The van der Waals surface area contributed by atoms with E-state index < -0.39 is 17.5 Å². The molecule has 1 aromatic carbocycles. The predicted octanol–water partition coefficient (Wildman–Crippen LogP) is 4.03. The number of benzene rings is 1. The van der Waals surface area contributed by atoms with Crippen LogP contribution in [0.2, 0.25) is 0 Å². The topological polar surface area (TPSA) is 87.1 Å². The van der Waals surface area contributed by atoms with Crippen molar-refractivity contribution in [2.75, 3.05) is 11.9 Å². The van der Waals surface area contributed by atoms with Gasteiger partial charge in [-0.25, -0.2) is 9.18 Å². The zero-order valence-corrected chi connectivity index (χ0v) is 11.7. The van der Waals surface area contributed by atoms with E-state index in [-0.39, 0.29) is 13.0 Å². The number of carbonyl (C=O) groups is 1. The summed E-state index contributed by atoms with van der Waals surface area (Å²) < 4.78 is 18.6. The molecule has 6 nitrogen and oxygen atoms in total. The second-order valence-corrected chi connectivity index (χ2v) is 5.14. The van der Waals surface area contributed by atoms with Gasteiger partial charge in [-0.15, -0.1) is 0 Å². The van der Waals surface area contributed by atoms with Gasteiger partial charge in [-0.1, -0.05) is 5.11 Å². The van der Waals surface area contributed by atoms with Crippen molar-refractivity contribution in [2.45, 2.75) is 32.8 Å². The number of nitrogens with one attached hydrogen (secondary N) is 1. The quantitative estimate of drug-likeness (QED) is 0.512. The van der Waals surface area contributed by atoms with Crippen LogP contribution in [-0.2, 0) is 11.2 Å². The van der Waals surface area contributed by atoms with Crippen molar-refractivity contribution in [1.29, 1.82) is 0 Å². The molecule has 0 spiro atoms. The number of halogens is 1.